The molecule has 0 saturated carbocycles. The molecule has 1 aliphatic rings. The van der Waals surface area contributed by atoms with Crippen molar-refractivity contribution in [3.05, 3.63) is 33.8 Å². The molecule has 96 valence electrons. The van der Waals surface area contributed by atoms with Crippen LogP contribution in [0.15, 0.2) is 18.2 Å². The van der Waals surface area contributed by atoms with Crippen LogP contribution in [0.4, 0.5) is 0 Å². The van der Waals surface area contributed by atoms with Crippen LogP contribution in [-0.2, 0) is 6.54 Å². The molecule has 1 aliphatic heterocycles. The third kappa shape index (κ3) is 4.01. The van der Waals surface area contributed by atoms with E-state index in [9.17, 15) is 0 Å². The van der Waals surface area contributed by atoms with Crippen molar-refractivity contribution in [1.82, 2.24) is 10.2 Å². The molecule has 0 aliphatic carbocycles. The van der Waals surface area contributed by atoms with Gasteiger partial charge in [-0.2, -0.15) is 0 Å². The highest BCUT2D eigenvalue weighted by molar-refractivity contribution is 6.33. The number of nitrogens with zero attached hydrogens (tertiary/aromatic N) is 1. The van der Waals surface area contributed by atoms with E-state index >= 15 is 0 Å². The predicted molar refractivity (Wildman–Crippen MR) is 76.5 cm³/mol. The number of nitrogens with one attached hydrogen (secondary N) is 1. The van der Waals surface area contributed by atoms with Crippen molar-refractivity contribution in [2.75, 3.05) is 20.1 Å². The van der Waals surface area contributed by atoms with Crippen LogP contribution in [0.1, 0.15) is 12.0 Å². The Morgan fingerprint density at radius 3 is 2.82 bits per heavy atom. The maximum atomic E-state index is 6.15. The van der Waals surface area contributed by atoms with Gasteiger partial charge in [-0.1, -0.05) is 23.2 Å². The van der Waals surface area contributed by atoms with Crippen molar-refractivity contribution in [2.24, 2.45) is 0 Å². The minimum Gasteiger partial charge on any atom is -0.315 e. The maximum Gasteiger partial charge on any atom is 0.0452 e. The lowest BCUT2D eigenvalue weighted by molar-refractivity contribution is 0.249. The molecule has 1 aromatic carbocycles. The molecule has 1 heterocycles. The van der Waals surface area contributed by atoms with Crippen molar-refractivity contribution in [2.45, 2.75) is 19.0 Å². The van der Waals surface area contributed by atoms with Crippen LogP contribution in [-0.4, -0.2) is 31.1 Å². The first kappa shape index (κ1) is 15.1. The van der Waals surface area contributed by atoms with Crippen molar-refractivity contribution in [3.8, 4) is 0 Å². The molecule has 2 nitrogen and oxygen atoms in total. The van der Waals surface area contributed by atoms with E-state index in [0.29, 0.717) is 6.04 Å². The Morgan fingerprint density at radius 1 is 1.41 bits per heavy atom. The summed E-state index contributed by atoms with van der Waals surface area (Å²) in [6.07, 6.45) is 1.20. The Kier molecular flexibility index (Phi) is 6.04. The Labute approximate surface area is 119 Å². The van der Waals surface area contributed by atoms with Crippen LogP contribution in [0.5, 0.6) is 0 Å². The fourth-order valence-electron chi connectivity index (χ4n) is 2.08. The molecule has 17 heavy (non-hydrogen) atoms. The van der Waals surface area contributed by atoms with Crippen LogP contribution in [0, 0.1) is 0 Å². The molecule has 1 fully saturated rings. The van der Waals surface area contributed by atoms with Crippen LogP contribution < -0.4 is 5.32 Å². The zero-order valence-electron chi connectivity index (χ0n) is 9.75. The number of rotatable bonds is 3. The van der Waals surface area contributed by atoms with Gasteiger partial charge in [-0.3, -0.25) is 4.90 Å². The molecule has 0 radical (unpaired) electrons. The first-order chi connectivity index (χ1) is 7.66. The molecule has 1 unspecified atom stereocenters. The van der Waals surface area contributed by atoms with Gasteiger partial charge in [-0.25, -0.2) is 0 Å². The Bertz CT molecular complexity index is 365. The average Bonchev–Trinajstić information content (AvgIpc) is 2.76. The lowest BCUT2D eigenvalue weighted by atomic mass is 10.1. The topological polar surface area (TPSA) is 15.3 Å². The number of likely N-dealkylation sites (N-methyl/N-ethyl adjacent to an activating group) is 1. The van der Waals surface area contributed by atoms with E-state index in [1.807, 2.05) is 18.2 Å². The van der Waals surface area contributed by atoms with Crippen molar-refractivity contribution in [1.29, 1.82) is 0 Å². The van der Waals surface area contributed by atoms with Crippen molar-refractivity contribution >= 4 is 35.6 Å². The van der Waals surface area contributed by atoms with Gasteiger partial charge in [0.2, 0.25) is 0 Å². The highest BCUT2D eigenvalue weighted by Gasteiger charge is 2.19. The highest BCUT2D eigenvalue weighted by atomic mass is 35.5. The van der Waals surface area contributed by atoms with E-state index in [0.717, 1.165) is 35.2 Å². The third-order valence-corrected chi connectivity index (χ3v) is 3.69. The van der Waals surface area contributed by atoms with E-state index in [1.54, 1.807) is 0 Å². The molecule has 1 atom stereocenters. The highest BCUT2D eigenvalue weighted by Crippen LogP contribution is 2.22. The second kappa shape index (κ2) is 6.81. The third-order valence-electron chi connectivity index (χ3n) is 3.09. The second-order valence-electron chi connectivity index (χ2n) is 4.30. The van der Waals surface area contributed by atoms with Crippen LogP contribution in [0.2, 0.25) is 10.0 Å². The normalized spacial score (nSPS) is 19.4. The van der Waals surface area contributed by atoms with Gasteiger partial charge in [0.15, 0.2) is 0 Å². The molecular weight excluding hydrogens is 279 g/mol. The molecular formula is C12H17Cl3N2. The standard InChI is InChI=1S/C12H16Cl2N2.ClH/c1-16(11-4-5-15-7-11)8-9-6-10(13)2-3-12(9)14;/h2-3,6,11,15H,4-5,7-8H2,1H3;1H. The molecule has 1 aromatic rings. The summed E-state index contributed by atoms with van der Waals surface area (Å²) < 4.78 is 0. The summed E-state index contributed by atoms with van der Waals surface area (Å²) in [5, 5.41) is 4.91. The number of benzene rings is 1. The van der Waals surface area contributed by atoms with Gasteiger partial charge in [-0.05, 0) is 43.8 Å². The minimum absolute atomic E-state index is 0. The minimum atomic E-state index is 0. The Balaban J connectivity index is 0.00000144. The van der Waals surface area contributed by atoms with Gasteiger partial charge in [0, 0.05) is 29.2 Å². The summed E-state index contributed by atoms with van der Waals surface area (Å²) >= 11 is 12.1. The van der Waals surface area contributed by atoms with Crippen molar-refractivity contribution in [3.63, 3.8) is 0 Å². The van der Waals surface area contributed by atoms with E-state index in [4.69, 9.17) is 23.2 Å². The predicted octanol–water partition coefficient (Wildman–Crippen LogP) is 3.21. The Hall–Kier alpha value is 0.01000. The monoisotopic (exact) mass is 294 g/mol. The summed E-state index contributed by atoms with van der Waals surface area (Å²) in [7, 11) is 2.13. The molecule has 0 amide bonds. The summed E-state index contributed by atoms with van der Waals surface area (Å²) in [5.41, 5.74) is 1.10. The number of hydrogen-bond donors (Lipinski definition) is 1. The SMILES string of the molecule is CN(Cc1cc(Cl)ccc1Cl)C1CCNC1.Cl. The Morgan fingerprint density at radius 2 is 2.18 bits per heavy atom. The molecule has 1 saturated heterocycles. The molecule has 1 N–H and O–H groups in total. The quantitative estimate of drug-likeness (QED) is 0.921. The average molecular weight is 296 g/mol. The maximum absolute atomic E-state index is 6.15. The van der Waals surface area contributed by atoms with E-state index in [1.165, 1.54) is 6.42 Å². The lowest BCUT2D eigenvalue weighted by Gasteiger charge is -2.23. The number of halogens is 3. The first-order valence-corrected chi connectivity index (χ1v) is 6.27. The zero-order valence-corrected chi connectivity index (χ0v) is 12.1. The zero-order chi connectivity index (χ0) is 11.5. The molecule has 0 aromatic heterocycles. The van der Waals surface area contributed by atoms with Gasteiger partial charge >= 0.3 is 0 Å². The smallest absolute Gasteiger partial charge is 0.0452 e. The molecule has 5 heteroatoms. The fraction of sp³-hybridized carbons (Fsp3) is 0.500. The van der Waals surface area contributed by atoms with Gasteiger partial charge in [0.25, 0.3) is 0 Å². The van der Waals surface area contributed by atoms with Crippen LogP contribution >= 0.6 is 35.6 Å². The molecule has 0 bridgehead atoms. The van der Waals surface area contributed by atoms with Gasteiger partial charge in [0.05, 0.1) is 0 Å². The summed E-state index contributed by atoms with van der Waals surface area (Å²) in [6, 6.07) is 6.24. The van der Waals surface area contributed by atoms with E-state index in [2.05, 4.69) is 17.3 Å². The lowest BCUT2D eigenvalue weighted by Crippen LogP contribution is -2.32. The second-order valence-corrected chi connectivity index (χ2v) is 5.14. The van der Waals surface area contributed by atoms with Crippen LogP contribution in [0.25, 0.3) is 0 Å². The molecule has 0 spiro atoms. The van der Waals surface area contributed by atoms with Gasteiger partial charge < -0.3 is 5.32 Å². The van der Waals surface area contributed by atoms with Gasteiger partial charge in [0.1, 0.15) is 0 Å². The van der Waals surface area contributed by atoms with Crippen molar-refractivity contribution < 1.29 is 0 Å². The summed E-state index contributed by atoms with van der Waals surface area (Å²) in [5.74, 6) is 0. The van der Waals surface area contributed by atoms with E-state index in [-0.39, 0.29) is 12.4 Å². The summed E-state index contributed by atoms with van der Waals surface area (Å²) in [6.45, 7) is 3.03. The largest absolute Gasteiger partial charge is 0.315 e. The molecule has 2 rings (SSSR count). The first-order valence-electron chi connectivity index (χ1n) is 5.51. The van der Waals surface area contributed by atoms with Crippen LogP contribution in [0.3, 0.4) is 0 Å². The van der Waals surface area contributed by atoms with E-state index < -0.39 is 0 Å². The fourth-order valence-corrected chi connectivity index (χ4v) is 2.45. The van der Waals surface area contributed by atoms with Gasteiger partial charge in [-0.15, -0.1) is 12.4 Å². The summed E-state index contributed by atoms with van der Waals surface area (Å²) in [4.78, 5) is 2.33. The number of hydrogen-bond acceptors (Lipinski definition) is 2.